The number of carboxylic acid groups (broad SMARTS) is 1. The lowest BCUT2D eigenvalue weighted by atomic mass is 9.95. The fourth-order valence-corrected chi connectivity index (χ4v) is 3.99. The molecule has 1 aromatic heterocycles. The van der Waals surface area contributed by atoms with E-state index in [2.05, 4.69) is 11.6 Å². The Labute approximate surface area is 213 Å². The molecule has 36 heavy (non-hydrogen) atoms. The number of aliphatic carboxylic acids is 1. The number of carboxylic acids is 1. The number of oxazole rings is 1. The molecule has 7 nitrogen and oxygen atoms in total. The van der Waals surface area contributed by atoms with Gasteiger partial charge in [-0.2, -0.15) is 0 Å². The molecule has 7 heteroatoms. The summed E-state index contributed by atoms with van der Waals surface area (Å²) in [6, 6.07) is 17.6. The minimum Gasteiger partial charge on any atom is -0.493 e. The Hall–Kier alpha value is -3.74. The summed E-state index contributed by atoms with van der Waals surface area (Å²) in [4.78, 5) is 18.0. The second kappa shape index (κ2) is 13.4. The van der Waals surface area contributed by atoms with Gasteiger partial charge in [-0.25, -0.2) is 4.98 Å². The van der Waals surface area contributed by atoms with E-state index in [4.69, 9.17) is 13.9 Å². The molecule has 1 N–H and O–H groups in total. The first-order valence-corrected chi connectivity index (χ1v) is 12.3. The van der Waals surface area contributed by atoms with Crippen molar-refractivity contribution in [3.63, 3.8) is 0 Å². The highest BCUT2D eigenvalue weighted by Crippen LogP contribution is 2.23. The summed E-state index contributed by atoms with van der Waals surface area (Å²) in [7, 11) is 1.88. The van der Waals surface area contributed by atoms with Gasteiger partial charge in [-0.1, -0.05) is 37.3 Å². The number of aryl methyl sites for hydroxylation is 1. The maximum Gasteiger partial charge on any atom is 0.303 e. The quantitative estimate of drug-likeness (QED) is 0.271. The molecule has 3 aromatic rings. The topological polar surface area (TPSA) is 85.0 Å². The van der Waals surface area contributed by atoms with Crippen LogP contribution < -0.4 is 4.74 Å². The van der Waals surface area contributed by atoms with Crippen LogP contribution in [0.2, 0.25) is 0 Å². The van der Waals surface area contributed by atoms with Crippen LogP contribution in [0, 0.1) is 12.8 Å². The van der Waals surface area contributed by atoms with Crippen LogP contribution in [0.25, 0.3) is 11.5 Å². The molecule has 0 aliphatic rings. The van der Waals surface area contributed by atoms with E-state index in [0.717, 1.165) is 34.8 Å². The molecule has 0 spiro atoms. The molecular formula is C29H36N2O5. The van der Waals surface area contributed by atoms with Crippen molar-refractivity contribution >= 4 is 5.97 Å². The average Bonchev–Trinajstić information content (AvgIpc) is 3.23. The predicted octanol–water partition coefficient (Wildman–Crippen LogP) is 5.73. The number of benzene rings is 2. The summed E-state index contributed by atoms with van der Waals surface area (Å²) >= 11 is 0. The van der Waals surface area contributed by atoms with Crippen molar-refractivity contribution in [2.45, 2.75) is 39.5 Å². The van der Waals surface area contributed by atoms with Crippen LogP contribution in [0.3, 0.4) is 0 Å². The van der Waals surface area contributed by atoms with Crippen LogP contribution >= 0.6 is 0 Å². The fourth-order valence-electron chi connectivity index (χ4n) is 3.99. The third-order valence-electron chi connectivity index (χ3n) is 5.84. The third-order valence-corrected chi connectivity index (χ3v) is 5.84. The van der Waals surface area contributed by atoms with Crippen molar-refractivity contribution in [2.75, 3.05) is 26.8 Å². The lowest BCUT2D eigenvalue weighted by molar-refractivity contribution is -0.138. The van der Waals surface area contributed by atoms with Gasteiger partial charge in [0.05, 0.1) is 25.3 Å². The standard InChI is InChI=1S/C29H36N2O5/c1-5-15-34-22(3)31(4)20-24(19-28(32)33)17-23-10-9-13-26(18-23)35-16-14-27-21(2)36-29(30-27)25-11-7-6-8-12-25/h6-13,18,24H,3,5,14-17,19-20H2,1-2,4H3,(H,32,33)/t24-/m0/s1. The number of nitrogens with zero attached hydrogens (tertiary/aromatic N) is 2. The van der Waals surface area contributed by atoms with Gasteiger partial charge in [0.25, 0.3) is 0 Å². The zero-order valence-electron chi connectivity index (χ0n) is 21.4. The van der Waals surface area contributed by atoms with Gasteiger partial charge in [0, 0.05) is 25.6 Å². The predicted molar refractivity (Wildman–Crippen MR) is 140 cm³/mol. The molecule has 0 fully saturated rings. The highest BCUT2D eigenvalue weighted by atomic mass is 16.5. The molecule has 0 saturated heterocycles. The number of hydrogen-bond donors (Lipinski definition) is 1. The summed E-state index contributed by atoms with van der Waals surface area (Å²) in [5.41, 5.74) is 2.85. The summed E-state index contributed by atoms with van der Waals surface area (Å²) in [6.07, 6.45) is 2.19. The number of carbonyl (C=O) groups is 1. The van der Waals surface area contributed by atoms with Gasteiger partial charge in [-0.05, 0) is 62.1 Å². The highest BCUT2D eigenvalue weighted by Gasteiger charge is 2.18. The molecule has 0 aliphatic heterocycles. The van der Waals surface area contributed by atoms with Gasteiger partial charge < -0.3 is 23.9 Å². The molecule has 0 saturated carbocycles. The van der Waals surface area contributed by atoms with Gasteiger partial charge in [0.1, 0.15) is 11.5 Å². The summed E-state index contributed by atoms with van der Waals surface area (Å²) in [6.45, 7) is 9.49. The minimum atomic E-state index is -0.821. The molecule has 0 amide bonds. The van der Waals surface area contributed by atoms with Gasteiger partial charge in [-0.15, -0.1) is 0 Å². The van der Waals surface area contributed by atoms with Crippen molar-refractivity contribution in [2.24, 2.45) is 5.92 Å². The Morgan fingerprint density at radius 3 is 2.67 bits per heavy atom. The molecule has 1 heterocycles. The van der Waals surface area contributed by atoms with Gasteiger partial charge in [0.15, 0.2) is 5.88 Å². The van der Waals surface area contributed by atoms with Crippen molar-refractivity contribution in [1.82, 2.24) is 9.88 Å². The van der Waals surface area contributed by atoms with Crippen molar-refractivity contribution in [3.05, 3.63) is 84.1 Å². The SMILES string of the molecule is C=C(OCCC)N(C)C[C@H](CC(=O)O)Cc1cccc(OCCc2nc(-c3ccccc3)oc2C)c1. The first-order chi connectivity index (χ1) is 17.4. The number of ether oxygens (including phenoxy) is 2. The van der Waals surface area contributed by atoms with Gasteiger partial charge >= 0.3 is 5.97 Å². The van der Waals surface area contributed by atoms with E-state index < -0.39 is 5.97 Å². The van der Waals surface area contributed by atoms with Crippen LogP contribution in [0.4, 0.5) is 0 Å². The lowest BCUT2D eigenvalue weighted by Crippen LogP contribution is -2.28. The fraction of sp³-hybridized carbons (Fsp3) is 0.379. The first kappa shape index (κ1) is 26.9. The molecule has 0 radical (unpaired) electrons. The zero-order valence-corrected chi connectivity index (χ0v) is 21.4. The number of rotatable bonds is 15. The summed E-state index contributed by atoms with van der Waals surface area (Å²) in [5, 5.41) is 9.42. The number of hydrogen-bond acceptors (Lipinski definition) is 6. The Morgan fingerprint density at radius 1 is 1.17 bits per heavy atom. The third kappa shape index (κ3) is 8.18. The Morgan fingerprint density at radius 2 is 1.94 bits per heavy atom. The molecule has 0 unspecified atom stereocenters. The second-order valence-corrected chi connectivity index (χ2v) is 8.92. The van der Waals surface area contributed by atoms with Crippen molar-refractivity contribution in [1.29, 1.82) is 0 Å². The smallest absolute Gasteiger partial charge is 0.303 e. The largest absolute Gasteiger partial charge is 0.493 e. The maximum absolute atomic E-state index is 11.5. The van der Waals surface area contributed by atoms with Crippen molar-refractivity contribution in [3.8, 4) is 17.2 Å². The van der Waals surface area contributed by atoms with Crippen molar-refractivity contribution < 1.29 is 23.8 Å². The van der Waals surface area contributed by atoms with E-state index in [-0.39, 0.29) is 12.3 Å². The van der Waals surface area contributed by atoms with Crippen LogP contribution in [0.1, 0.15) is 36.8 Å². The van der Waals surface area contributed by atoms with Crippen LogP contribution in [0.5, 0.6) is 5.75 Å². The molecule has 2 aromatic carbocycles. The summed E-state index contributed by atoms with van der Waals surface area (Å²) < 4.78 is 17.4. The molecule has 1 atom stereocenters. The highest BCUT2D eigenvalue weighted by molar-refractivity contribution is 5.67. The van der Waals surface area contributed by atoms with E-state index in [1.54, 1.807) is 0 Å². The van der Waals surface area contributed by atoms with E-state index in [1.165, 1.54) is 0 Å². The van der Waals surface area contributed by atoms with Gasteiger partial charge in [-0.3, -0.25) is 4.79 Å². The Balaban J connectivity index is 1.57. The van der Waals surface area contributed by atoms with Crippen LogP contribution in [0.15, 0.2) is 71.5 Å². The molecule has 0 bridgehead atoms. The molecule has 192 valence electrons. The maximum atomic E-state index is 11.5. The zero-order chi connectivity index (χ0) is 25.9. The first-order valence-electron chi connectivity index (χ1n) is 12.3. The Bertz CT molecular complexity index is 1130. The Kier molecular flexibility index (Phi) is 9.98. The average molecular weight is 493 g/mol. The van der Waals surface area contributed by atoms with Crippen LogP contribution in [-0.4, -0.2) is 47.8 Å². The monoisotopic (exact) mass is 492 g/mol. The van der Waals surface area contributed by atoms with E-state index in [1.807, 2.05) is 80.4 Å². The summed E-state index contributed by atoms with van der Waals surface area (Å²) in [5.74, 6) is 1.79. The van der Waals surface area contributed by atoms with E-state index in [9.17, 15) is 9.90 Å². The van der Waals surface area contributed by atoms with E-state index >= 15 is 0 Å². The molecule has 0 aliphatic carbocycles. The second-order valence-electron chi connectivity index (χ2n) is 8.92. The van der Waals surface area contributed by atoms with E-state index in [0.29, 0.717) is 44.4 Å². The molecule has 3 rings (SSSR count). The lowest BCUT2D eigenvalue weighted by Gasteiger charge is -2.26. The van der Waals surface area contributed by atoms with Gasteiger partial charge in [0.2, 0.25) is 5.89 Å². The minimum absolute atomic E-state index is 0.0612. The number of aromatic nitrogens is 1. The van der Waals surface area contributed by atoms with Crippen LogP contribution in [-0.2, 0) is 22.4 Å². The normalized spacial score (nSPS) is 11.6. The molecular weight excluding hydrogens is 456 g/mol.